The number of hydrogen-bond acceptors (Lipinski definition) is 5. The molecular weight excluding hydrogens is 426 g/mol. The average molecular weight is 454 g/mol. The molecule has 32 heavy (non-hydrogen) atoms. The highest BCUT2D eigenvalue weighted by molar-refractivity contribution is 7.92. The zero-order valence-electron chi connectivity index (χ0n) is 18.3. The first-order valence-corrected chi connectivity index (χ1v) is 11.6. The molecule has 0 atom stereocenters. The standard InChI is InChI=1S/C24H27N3O4S/c1-18-9-14-22(32(29,30)26-19-10-12-21(31-3)13-11-19)17-23(18)24(28)25-15-16-27(2)20-7-5-4-6-8-20/h4-14,17,26H,15-16H2,1-3H3,(H,25,28). The maximum atomic E-state index is 12.8. The van der Waals surface area contributed by atoms with Gasteiger partial charge >= 0.3 is 0 Å². The van der Waals surface area contributed by atoms with Gasteiger partial charge in [-0.2, -0.15) is 0 Å². The van der Waals surface area contributed by atoms with E-state index in [9.17, 15) is 13.2 Å². The van der Waals surface area contributed by atoms with E-state index in [4.69, 9.17) is 4.74 Å². The van der Waals surface area contributed by atoms with Crippen LogP contribution in [-0.2, 0) is 10.0 Å². The summed E-state index contributed by atoms with van der Waals surface area (Å²) in [5, 5.41) is 2.87. The van der Waals surface area contributed by atoms with Crippen molar-refractivity contribution in [3.63, 3.8) is 0 Å². The Morgan fingerprint density at radius 3 is 2.34 bits per heavy atom. The fourth-order valence-electron chi connectivity index (χ4n) is 3.13. The molecule has 0 saturated heterocycles. The summed E-state index contributed by atoms with van der Waals surface area (Å²) in [6, 6.07) is 20.9. The summed E-state index contributed by atoms with van der Waals surface area (Å²) in [7, 11) is -0.366. The summed E-state index contributed by atoms with van der Waals surface area (Å²) >= 11 is 0. The number of methoxy groups -OCH3 is 1. The highest BCUT2D eigenvalue weighted by Crippen LogP contribution is 2.21. The number of ether oxygens (including phenoxy) is 1. The van der Waals surface area contributed by atoms with Crippen molar-refractivity contribution in [3.8, 4) is 5.75 Å². The van der Waals surface area contributed by atoms with Crippen molar-refractivity contribution in [2.24, 2.45) is 0 Å². The van der Waals surface area contributed by atoms with Gasteiger partial charge in [-0.3, -0.25) is 9.52 Å². The van der Waals surface area contributed by atoms with Crippen molar-refractivity contribution in [1.82, 2.24) is 5.32 Å². The second-order valence-electron chi connectivity index (χ2n) is 7.32. The number of amides is 1. The van der Waals surface area contributed by atoms with Crippen LogP contribution in [0.15, 0.2) is 77.7 Å². The number of carbonyl (C=O) groups is 1. The fraction of sp³-hybridized carbons (Fsp3) is 0.208. The third kappa shape index (κ3) is 5.79. The van der Waals surface area contributed by atoms with Crippen LogP contribution >= 0.6 is 0 Å². The van der Waals surface area contributed by atoms with Gasteiger partial charge in [0.15, 0.2) is 0 Å². The SMILES string of the molecule is COc1ccc(NS(=O)(=O)c2ccc(C)c(C(=O)NCCN(C)c3ccccc3)c2)cc1. The van der Waals surface area contributed by atoms with Gasteiger partial charge in [-0.05, 0) is 61.0 Å². The lowest BCUT2D eigenvalue weighted by Crippen LogP contribution is -2.33. The van der Waals surface area contributed by atoms with Gasteiger partial charge in [0, 0.05) is 37.1 Å². The van der Waals surface area contributed by atoms with Crippen LogP contribution in [0.5, 0.6) is 5.75 Å². The first kappa shape index (κ1) is 23.1. The number of nitrogens with zero attached hydrogens (tertiary/aromatic N) is 1. The van der Waals surface area contributed by atoms with Crippen LogP contribution in [0.4, 0.5) is 11.4 Å². The number of anilines is 2. The van der Waals surface area contributed by atoms with Crippen molar-refractivity contribution in [3.05, 3.63) is 83.9 Å². The quantitative estimate of drug-likeness (QED) is 0.516. The molecule has 0 aliphatic rings. The van der Waals surface area contributed by atoms with Crippen LogP contribution in [0.25, 0.3) is 0 Å². The van der Waals surface area contributed by atoms with Gasteiger partial charge in [0.2, 0.25) is 0 Å². The van der Waals surface area contributed by atoms with Crippen molar-refractivity contribution >= 4 is 27.3 Å². The van der Waals surface area contributed by atoms with E-state index in [2.05, 4.69) is 10.0 Å². The molecule has 1 amide bonds. The number of hydrogen-bond donors (Lipinski definition) is 2. The van der Waals surface area contributed by atoms with E-state index >= 15 is 0 Å². The molecule has 0 radical (unpaired) electrons. The number of benzene rings is 3. The smallest absolute Gasteiger partial charge is 0.261 e. The molecule has 0 spiro atoms. The van der Waals surface area contributed by atoms with Crippen LogP contribution in [0, 0.1) is 6.92 Å². The molecular formula is C24H27N3O4S. The summed E-state index contributed by atoms with van der Waals surface area (Å²) in [5.41, 5.74) is 2.48. The zero-order valence-corrected chi connectivity index (χ0v) is 19.1. The Labute approximate surface area is 189 Å². The first-order chi connectivity index (χ1) is 15.3. The molecule has 0 aliphatic carbocycles. The Morgan fingerprint density at radius 1 is 1.00 bits per heavy atom. The summed E-state index contributed by atoms with van der Waals surface area (Å²) in [6.45, 7) is 2.81. The van der Waals surface area contributed by atoms with Gasteiger partial charge in [-0.1, -0.05) is 24.3 Å². The second kappa shape index (κ2) is 10.2. The normalized spacial score (nSPS) is 11.0. The van der Waals surface area contributed by atoms with Crippen LogP contribution in [-0.4, -0.2) is 41.6 Å². The molecule has 3 rings (SSSR count). The minimum atomic E-state index is -3.85. The number of carbonyl (C=O) groups excluding carboxylic acids is 1. The number of para-hydroxylation sites is 1. The van der Waals surface area contributed by atoms with Crippen molar-refractivity contribution in [2.45, 2.75) is 11.8 Å². The van der Waals surface area contributed by atoms with Crippen LogP contribution in [0.1, 0.15) is 15.9 Å². The molecule has 3 aromatic rings. The summed E-state index contributed by atoms with van der Waals surface area (Å²) in [6.07, 6.45) is 0. The largest absolute Gasteiger partial charge is 0.497 e. The van der Waals surface area contributed by atoms with Gasteiger partial charge in [-0.25, -0.2) is 8.42 Å². The first-order valence-electron chi connectivity index (χ1n) is 10.1. The van der Waals surface area contributed by atoms with E-state index in [-0.39, 0.29) is 10.8 Å². The van der Waals surface area contributed by atoms with E-state index in [1.807, 2.05) is 42.3 Å². The summed E-state index contributed by atoms with van der Waals surface area (Å²) < 4.78 is 33.3. The molecule has 8 heteroatoms. The molecule has 0 bridgehead atoms. The lowest BCUT2D eigenvalue weighted by atomic mass is 10.1. The van der Waals surface area contributed by atoms with E-state index in [1.165, 1.54) is 19.2 Å². The second-order valence-corrected chi connectivity index (χ2v) is 9.01. The number of sulfonamides is 1. The molecule has 7 nitrogen and oxygen atoms in total. The summed E-state index contributed by atoms with van der Waals surface area (Å²) in [5.74, 6) is 0.311. The van der Waals surface area contributed by atoms with Gasteiger partial charge in [-0.15, -0.1) is 0 Å². The third-order valence-corrected chi connectivity index (χ3v) is 6.41. The molecule has 0 saturated carbocycles. The molecule has 0 heterocycles. The van der Waals surface area contributed by atoms with Crippen molar-refractivity contribution in [1.29, 1.82) is 0 Å². The maximum Gasteiger partial charge on any atom is 0.261 e. The fourth-order valence-corrected chi connectivity index (χ4v) is 4.21. The average Bonchev–Trinajstić information content (AvgIpc) is 2.80. The van der Waals surface area contributed by atoms with E-state index in [1.54, 1.807) is 37.3 Å². The van der Waals surface area contributed by atoms with Crippen molar-refractivity contribution in [2.75, 3.05) is 36.9 Å². The van der Waals surface area contributed by atoms with Crippen molar-refractivity contribution < 1.29 is 17.9 Å². The Hall–Kier alpha value is -3.52. The molecule has 3 aromatic carbocycles. The highest BCUT2D eigenvalue weighted by atomic mass is 32.2. The molecule has 0 aromatic heterocycles. The lowest BCUT2D eigenvalue weighted by Gasteiger charge is -2.19. The summed E-state index contributed by atoms with van der Waals surface area (Å²) in [4.78, 5) is 14.8. The number of likely N-dealkylation sites (N-methyl/N-ethyl adjacent to an activating group) is 1. The number of aryl methyl sites for hydroxylation is 1. The molecule has 2 N–H and O–H groups in total. The topological polar surface area (TPSA) is 87.7 Å². The Balaban J connectivity index is 1.67. The predicted molar refractivity (Wildman–Crippen MR) is 127 cm³/mol. The molecule has 168 valence electrons. The van der Waals surface area contributed by atoms with E-state index in [0.717, 1.165) is 5.69 Å². The Morgan fingerprint density at radius 2 is 1.69 bits per heavy atom. The predicted octanol–water partition coefficient (Wildman–Crippen LogP) is 3.67. The van der Waals surface area contributed by atoms with Gasteiger partial charge in [0.25, 0.3) is 15.9 Å². The van der Waals surface area contributed by atoms with Gasteiger partial charge in [0.05, 0.1) is 12.0 Å². The Bertz CT molecular complexity index is 1160. The monoisotopic (exact) mass is 453 g/mol. The van der Waals surface area contributed by atoms with Crippen LogP contribution < -0.4 is 19.7 Å². The minimum Gasteiger partial charge on any atom is -0.497 e. The highest BCUT2D eigenvalue weighted by Gasteiger charge is 2.18. The lowest BCUT2D eigenvalue weighted by molar-refractivity contribution is 0.0954. The molecule has 0 fully saturated rings. The minimum absolute atomic E-state index is 0.0190. The Kier molecular flexibility index (Phi) is 7.37. The maximum absolute atomic E-state index is 12.8. The van der Waals surface area contributed by atoms with Gasteiger partial charge in [0.1, 0.15) is 5.75 Å². The van der Waals surface area contributed by atoms with Gasteiger partial charge < -0.3 is 15.0 Å². The third-order valence-electron chi connectivity index (χ3n) is 5.04. The van der Waals surface area contributed by atoms with E-state index < -0.39 is 10.0 Å². The van der Waals surface area contributed by atoms with Crippen LogP contribution in [0.3, 0.4) is 0 Å². The molecule has 0 unspecified atom stereocenters. The van der Waals surface area contributed by atoms with Crippen LogP contribution in [0.2, 0.25) is 0 Å². The number of nitrogens with one attached hydrogen (secondary N) is 2. The van der Waals surface area contributed by atoms with E-state index in [0.29, 0.717) is 35.7 Å². The molecule has 0 aliphatic heterocycles. The number of rotatable bonds is 9. The zero-order chi connectivity index (χ0) is 23.1.